The van der Waals surface area contributed by atoms with Gasteiger partial charge in [-0.3, -0.25) is 4.79 Å². The zero-order valence-electron chi connectivity index (χ0n) is 14.8. The number of nitrogens with one attached hydrogen (secondary N) is 3. The van der Waals surface area contributed by atoms with E-state index in [9.17, 15) is 22.4 Å². The monoisotopic (exact) mass is 385 g/mol. The van der Waals surface area contributed by atoms with Crippen LogP contribution in [0.3, 0.4) is 0 Å². The van der Waals surface area contributed by atoms with Gasteiger partial charge >= 0.3 is 6.03 Å². The Morgan fingerprint density at radius 2 is 1.88 bits per heavy atom. The predicted molar refractivity (Wildman–Crippen MR) is 97.0 cm³/mol. The Hall–Kier alpha value is -2.16. The van der Waals surface area contributed by atoms with Gasteiger partial charge in [-0.1, -0.05) is 13.8 Å². The van der Waals surface area contributed by atoms with E-state index in [4.69, 9.17) is 0 Å². The number of carbonyl (C=O) groups excluding carboxylic acids is 2. The highest BCUT2D eigenvalue weighted by Gasteiger charge is 2.30. The van der Waals surface area contributed by atoms with E-state index in [0.29, 0.717) is 18.5 Å². The van der Waals surface area contributed by atoms with E-state index in [-0.39, 0.29) is 17.4 Å². The lowest BCUT2D eigenvalue weighted by atomic mass is 10.0. The molecule has 2 rings (SSSR count). The number of halogens is 1. The number of amides is 3. The molecular weight excluding hydrogens is 361 g/mol. The van der Waals surface area contributed by atoms with Gasteiger partial charge < -0.3 is 16.0 Å². The summed E-state index contributed by atoms with van der Waals surface area (Å²) < 4.78 is 35.9. The SMILES string of the molecule is CC(C)C[C@@H](NC(=O)NC1CCS(=O)(=O)C1)C(=O)Nc1ccc(F)cc1. The van der Waals surface area contributed by atoms with E-state index in [1.54, 1.807) is 0 Å². The van der Waals surface area contributed by atoms with Crippen LogP contribution in [0.2, 0.25) is 0 Å². The maximum absolute atomic E-state index is 13.0. The minimum absolute atomic E-state index is 0.0540. The van der Waals surface area contributed by atoms with Crippen molar-refractivity contribution in [3.8, 4) is 0 Å². The Bertz CT molecular complexity index is 750. The number of anilines is 1. The summed E-state index contributed by atoms with van der Waals surface area (Å²) >= 11 is 0. The first-order valence-corrected chi connectivity index (χ1v) is 10.3. The Labute approximate surface area is 152 Å². The third kappa shape index (κ3) is 6.29. The first-order chi connectivity index (χ1) is 12.1. The van der Waals surface area contributed by atoms with Gasteiger partial charge in [0.2, 0.25) is 5.91 Å². The molecule has 1 unspecified atom stereocenters. The van der Waals surface area contributed by atoms with Gasteiger partial charge in [-0.05, 0) is 43.0 Å². The summed E-state index contributed by atoms with van der Waals surface area (Å²) in [6.45, 7) is 3.84. The highest BCUT2D eigenvalue weighted by Crippen LogP contribution is 2.13. The summed E-state index contributed by atoms with van der Waals surface area (Å²) in [4.78, 5) is 24.6. The number of hydrogen-bond acceptors (Lipinski definition) is 4. The quantitative estimate of drug-likeness (QED) is 0.693. The zero-order valence-corrected chi connectivity index (χ0v) is 15.6. The Balaban J connectivity index is 1.96. The molecule has 0 aromatic heterocycles. The van der Waals surface area contributed by atoms with E-state index in [1.807, 2.05) is 13.8 Å². The van der Waals surface area contributed by atoms with Gasteiger partial charge in [0.05, 0.1) is 11.5 Å². The van der Waals surface area contributed by atoms with Crippen LogP contribution in [0.5, 0.6) is 0 Å². The zero-order chi connectivity index (χ0) is 19.3. The molecule has 1 aliphatic heterocycles. The summed E-state index contributed by atoms with van der Waals surface area (Å²) in [6, 6.07) is 3.51. The summed E-state index contributed by atoms with van der Waals surface area (Å²) in [6.07, 6.45) is 0.774. The number of hydrogen-bond donors (Lipinski definition) is 3. The number of urea groups is 1. The minimum atomic E-state index is -3.10. The van der Waals surface area contributed by atoms with Crippen LogP contribution < -0.4 is 16.0 Å². The lowest BCUT2D eigenvalue weighted by Gasteiger charge is -2.21. The standard InChI is InChI=1S/C17H24FN3O4S/c1-11(2)9-15(16(22)19-13-5-3-12(18)4-6-13)21-17(23)20-14-7-8-26(24,25)10-14/h3-6,11,14-15H,7-10H2,1-2H3,(H,19,22)(H2,20,21,23)/t14?,15-/m1/s1. The molecule has 1 fully saturated rings. The summed E-state index contributed by atoms with van der Waals surface area (Å²) in [5.74, 6) is -0.716. The Morgan fingerprint density at radius 3 is 2.42 bits per heavy atom. The van der Waals surface area contributed by atoms with Gasteiger partial charge in [-0.2, -0.15) is 0 Å². The van der Waals surface area contributed by atoms with E-state index in [1.165, 1.54) is 24.3 Å². The molecule has 3 amide bonds. The van der Waals surface area contributed by atoms with Crippen molar-refractivity contribution in [2.75, 3.05) is 16.8 Å². The van der Waals surface area contributed by atoms with Gasteiger partial charge in [-0.15, -0.1) is 0 Å². The predicted octanol–water partition coefficient (Wildman–Crippen LogP) is 1.67. The molecule has 9 heteroatoms. The van der Waals surface area contributed by atoms with Crippen LogP contribution >= 0.6 is 0 Å². The van der Waals surface area contributed by atoms with Crippen LogP contribution in [0.4, 0.5) is 14.9 Å². The Morgan fingerprint density at radius 1 is 1.23 bits per heavy atom. The number of rotatable bonds is 6. The fraction of sp³-hybridized carbons (Fsp3) is 0.529. The summed E-state index contributed by atoms with van der Waals surface area (Å²) in [5, 5.41) is 7.85. The van der Waals surface area contributed by atoms with Crippen molar-refractivity contribution >= 4 is 27.5 Å². The third-order valence-corrected chi connectivity index (χ3v) is 5.78. The molecule has 1 heterocycles. The summed E-state index contributed by atoms with van der Waals surface area (Å²) in [7, 11) is -3.10. The van der Waals surface area contributed by atoms with Crippen molar-refractivity contribution in [1.82, 2.24) is 10.6 Å². The normalized spacial score (nSPS) is 19.8. The van der Waals surface area contributed by atoms with Crippen molar-refractivity contribution < 1.29 is 22.4 Å². The molecule has 0 radical (unpaired) electrons. The molecule has 0 bridgehead atoms. The van der Waals surface area contributed by atoms with Crippen LogP contribution in [-0.4, -0.2) is 43.9 Å². The van der Waals surface area contributed by atoms with E-state index >= 15 is 0 Å². The molecule has 1 aliphatic rings. The average Bonchev–Trinajstić information content (AvgIpc) is 2.87. The van der Waals surface area contributed by atoms with Gasteiger partial charge in [0.15, 0.2) is 9.84 Å². The van der Waals surface area contributed by atoms with Gasteiger partial charge in [0.1, 0.15) is 11.9 Å². The lowest BCUT2D eigenvalue weighted by molar-refractivity contribution is -0.118. The second-order valence-electron chi connectivity index (χ2n) is 6.90. The van der Waals surface area contributed by atoms with Crippen molar-refractivity contribution in [3.05, 3.63) is 30.1 Å². The second kappa shape index (κ2) is 8.48. The molecule has 0 saturated carbocycles. The van der Waals surface area contributed by atoms with E-state index in [0.717, 1.165) is 0 Å². The highest BCUT2D eigenvalue weighted by molar-refractivity contribution is 7.91. The fourth-order valence-corrected chi connectivity index (χ4v) is 4.43. The van der Waals surface area contributed by atoms with Crippen molar-refractivity contribution in [3.63, 3.8) is 0 Å². The van der Waals surface area contributed by atoms with Crippen LogP contribution in [0.1, 0.15) is 26.7 Å². The maximum Gasteiger partial charge on any atom is 0.315 e. The molecule has 1 saturated heterocycles. The molecule has 144 valence electrons. The molecule has 1 aromatic carbocycles. The first-order valence-electron chi connectivity index (χ1n) is 8.48. The average molecular weight is 385 g/mol. The maximum atomic E-state index is 13.0. The summed E-state index contributed by atoms with van der Waals surface area (Å²) in [5.41, 5.74) is 0.425. The molecule has 2 atom stereocenters. The smallest absolute Gasteiger partial charge is 0.315 e. The van der Waals surface area contributed by atoms with E-state index in [2.05, 4.69) is 16.0 Å². The van der Waals surface area contributed by atoms with Gasteiger partial charge in [0.25, 0.3) is 0 Å². The molecule has 0 aliphatic carbocycles. The molecular formula is C17H24FN3O4S. The number of sulfone groups is 1. The molecule has 7 nitrogen and oxygen atoms in total. The first kappa shape index (κ1) is 20.2. The minimum Gasteiger partial charge on any atom is -0.334 e. The van der Waals surface area contributed by atoms with Crippen molar-refractivity contribution in [2.24, 2.45) is 5.92 Å². The van der Waals surface area contributed by atoms with Crippen LogP contribution in [0.25, 0.3) is 0 Å². The van der Waals surface area contributed by atoms with Crippen LogP contribution in [0, 0.1) is 11.7 Å². The van der Waals surface area contributed by atoms with Crippen molar-refractivity contribution in [1.29, 1.82) is 0 Å². The Kier molecular flexibility index (Phi) is 6.57. The molecule has 3 N–H and O–H groups in total. The second-order valence-corrected chi connectivity index (χ2v) is 9.12. The number of benzene rings is 1. The largest absolute Gasteiger partial charge is 0.334 e. The lowest BCUT2D eigenvalue weighted by Crippen LogP contribution is -2.51. The molecule has 1 aromatic rings. The van der Waals surface area contributed by atoms with Crippen molar-refractivity contribution in [2.45, 2.75) is 38.8 Å². The molecule has 0 spiro atoms. The van der Waals surface area contributed by atoms with Gasteiger partial charge in [-0.25, -0.2) is 17.6 Å². The number of carbonyl (C=O) groups is 2. The van der Waals surface area contributed by atoms with E-state index < -0.39 is 39.7 Å². The van der Waals surface area contributed by atoms with Gasteiger partial charge in [0, 0.05) is 11.7 Å². The molecule has 26 heavy (non-hydrogen) atoms. The van der Waals surface area contributed by atoms with Crippen LogP contribution in [-0.2, 0) is 14.6 Å². The topological polar surface area (TPSA) is 104 Å². The highest BCUT2D eigenvalue weighted by atomic mass is 32.2. The van der Waals surface area contributed by atoms with Crippen LogP contribution in [0.15, 0.2) is 24.3 Å². The third-order valence-electron chi connectivity index (χ3n) is 4.01. The fourth-order valence-electron chi connectivity index (χ4n) is 2.76.